The van der Waals surface area contributed by atoms with Crippen LogP contribution in [0.3, 0.4) is 0 Å². The molecular weight excluding hydrogens is 296 g/mol. The van der Waals surface area contributed by atoms with Gasteiger partial charge < -0.3 is 15.3 Å². The van der Waals surface area contributed by atoms with Gasteiger partial charge in [-0.15, -0.1) is 0 Å². The Balaban J connectivity index is 2.33. The summed E-state index contributed by atoms with van der Waals surface area (Å²) in [6.07, 6.45) is 8.69. The number of rotatable bonds is 11. The van der Waals surface area contributed by atoms with Gasteiger partial charge in [-0.2, -0.15) is 0 Å². The minimum atomic E-state index is -0.749. The lowest BCUT2D eigenvalue weighted by molar-refractivity contribution is -0.137. The Labute approximate surface area is 138 Å². The Kier molecular flexibility index (Phi) is 9.10. The molecule has 3 N–H and O–H groups in total. The third-order valence-electron chi connectivity index (χ3n) is 4.62. The Bertz CT molecular complexity index is 404. The molecule has 0 aromatic heterocycles. The van der Waals surface area contributed by atoms with Gasteiger partial charge in [0.2, 0.25) is 0 Å². The summed E-state index contributed by atoms with van der Waals surface area (Å²) >= 11 is 0. The summed E-state index contributed by atoms with van der Waals surface area (Å²) in [6, 6.07) is 0. The summed E-state index contributed by atoms with van der Waals surface area (Å²) in [7, 11) is 0. The second-order valence-corrected chi connectivity index (χ2v) is 6.49. The Morgan fingerprint density at radius 2 is 1.91 bits per heavy atom. The van der Waals surface area contributed by atoms with Crippen LogP contribution in [0.4, 0.5) is 0 Å². The zero-order valence-electron chi connectivity index (χ0n) is 14.0. The number of carbonyl (C=O) groups is 2. The number of carbonyl (C=O) groups excluding carboxylic acids is 1. The lowest BCUT2D eigenvalue weighted by Crippen LogP contribution is -2.19. The number of unbranched alkanes of at least 4 members (excludes halogenated alkanes) is 4. The van der Waals surface area contributed by atoms with E-state index in [-0.39, 0.29) is 30.5 Å². The topological polar surface area (TPSA) is 94.8 Å². The SMILES string of the molecule is CC[C@H](O)/C=C/[C@H]1C(=O)C[C@@H](O)[C@H]1CCCCCCCC(=O)O. The number of aliphatic hydroxyl groups excluding tert-OH is 2. The van der Waals surface area contributed by atoms with Gasteiger partial charge in [-0.1, -0.05) is 44.8 Å². The molecule has 0 amide bonds. The number of ketones is 1. The number of aliphatic hydroxyl groups is 2. The van der Waals surface area contributed by atoms with Crippen LogP contribution in [-0.2, 0) is 9.59 Å². The molecule has 23 heavy (non-hydrogen) atoms. The lowest BCUT2D eigenvalue weighted by Gasteiger charge is -2.18. The van der Waals surface area contributed by atoms with Gasteiger partial charge >= 0.3 is 5.97 Å². The summed E-state index contributed by atoms with van der Waals surface area (Å²) in [5.74, 6) is -1.02. The first kappa shape index (κ1) is 19.8. The normalized spacial score (nSPS) is 26.0. The monoisotopic (exact) mass is 326 g/mol. The highest BCUT2D eigenvalue weighted by atomic mass is 16.4. The number of aliphatic carboxylic acids is 1. The molecule has 0 aromatic carbocycles. The molecule has 0 unspecified atom stereocenters. The second-order valence-electron chi connectivity index (χ2n) is 6.49. The van der Waals surface area contributed by atoms with Gasteiger partial charge in [-0.3, -0.25) is 9.59 Å². The number of carboxylic acid groups (broad SMARTS) is 1. The highest BCUT2D eigenvalue weighted by Crippen LogP contribution is 2.34. The molecule has 1 aliphatic carbocycles. The third kappa shape index (κ3) is 7.27. The van der Waals surface area contributed by atoms with Crippen LogP contribution in [0.5, 0.6) is 0 Å². The largest absolute Gasteiger partial charge is 0.481 e. The first-order valence-corrected chi connectivity index (χ1v) is 8.74. The van der Waals surface area contributed by atoms with E-state index in [1.165, 1.54) is 0 Å². The molecule has 0 radical (unpaired) electrons. The van der Waals surface area contributed by atoms with Gasteiger partial charge in [0.15, 0.2) is 0 Å². The molecule has 5 heteroatoms. The Hall–Kier alpha value is -1.20. The molecule has 0 aromatic rings. The van der Waals surface area contributed by atoms with Crippen molar-refractivity contribution in [3.63, 3.8) is 0 Å². The standard InChI is InChI=1S/C18H30O5/c1-2-13(19)10-11-15-14(16(20)12-17(15)21)8-6-4-3-5-7-9-18(22)23/h10-11,13-16,19-20H,2-9,12H2,1H3,(H,22,23)/b11-10+/t13-,14-,15+,16+/m0/s1. The van der Waals surface area contributed by atoms with E-state index >= 15 is 0 Å². The molecule has 1 fully saturated rings. The van der Waals surface area contributed by atoms with Gasteiger partial charge in [-0.25, -0.2) is 0 Å². The lowest BCUT2D eigenvalue weighted by atomic mass is 9.88. The van der Waals surface area contributed by atoms with E-state index in [0.29, 0.717) is 12.8 Å². The van der Waals surface area contributed by atoms with Crippen molar-refractivity contribution in [3.8, 4) is 0 Å². The maximum atomic E-state index is 12.0. The van der Waals surface area contributed by atoms with Gasteiger partial charge in [0, 0.05) is 18.8 Å². The Morgan fingerprint density at radius 3 is 2.57 bits per heavy atom. The number of Topliss-reactive ketones (excluding diaryl/α,β-unsaturated/α-hetero) is 1. The van der Waals surface area contributed by atoms with Crippen LogP contribution in [0, 0.1) is 11.8 Å². The number of hydrogen-bond acceptors (Lipinski definition) is 4. The van der Waals surface area contributed by atoms with E-state index in [9.17, 15) is 19.8 Å². The van der Waals surface area contributed by atoms with Gasteiger partial charge in [0.25, 0.3) is 0 Å². The Morgan fingerprint density at radius 1 is 1.26 bits per heavy atom. The minimum Gasteiger partial charge on any atom is -0.481 e. The van der Waals surface area contributed by atoms with Crippen molar-refractivity contribution < 1.29 is 24.9 Å². The molecule has 0 saturated heterocycles. The summed E-state index contributed by atoms with van der Waals surface area (Å²) in [5, 5.41) is 28.2. The molecule has 5 nitrogen and oxygen atoms in total. The highest BCUT2D eigenvalue weighted by molar-refractivity contribution is 5.85. The molecular formula is C18H30O5. The van der Waals surface area contributed by atoms with Crippen LogP contribution >= 0.6 is 0 Å². The van der Waals surface area contributed by atoms with Crippen LogP contribution in [0.15, 0.2) is 12.2 Å². The first-order valence-electron chi connectivity index (χ1n) is 8.74. The maximum absolute atomic E-state index is 12.0. The van der Waals surface area contributed by atoms with Crippen molar-refractivity contribution in [2.45, 2.75) is 76.9 Å². The maximum Gasteiger partial charge on any atom is 0.303 e. The van der Waals surface area contributed by atoms with E-state index in [1.807, 2.05) is 6.92 Å². The predicted octanol–water partition coefficient (Wildman–Crippen LogP) is 2.69. The van der Waals surface area contributed by atoms with Crippen LogP contribution in [0.2, 0.25) is 0 Å². The second kappa shape index (κ2) is 10.6. The van der Waals surface area contributed by atoms with Crippen molar-refractivity contribution in [2.24, 2.45) is 11.8 Å². The van der Waals surface area contributed by atoms with Crippen molar-refractivity contribution in [1.82, 2.24) is 0 Å². The summed E-state index contributed by atoms with van der Waals surface area (Å²) < 4.78 is 0. The number of hydrogen-bond donors (Lipinski definition) is 3. The quantitative estimate of drug-likeness (QED) is 0.401. The summed E-state index contributed by atoms with van der Waals surface area (Å²) in [4.78, 5) is 22.4. The van der Waals surface area contributed by atoms with E-state index in [4.69, 9.17) is 5.11 Å². The van der Waals surface area contributed by atoms with Crippen LogP contribution in [0.1, 0.15) is 64.7 Å². The molecule has 0 bridgehead atoms. The predicted molar refractivity (Wildman–Crippen MR) is 88.0 cm³/mol. The van der Waals surface area contributed by atoms with E-state index in [1.54, 1.807) is 12.2 Å². The van der Waals surface area contributed by atoms with Gasteiger partial charge in [-0.05, 0) is 25.2 Å². The number of allylic oxidation sites excluding steroid dienone is 1. The molecule has 0 heterocycles. The van der Waals surface area contributed by atoms with E-state index in [2.05, 4.69) is 0 Å². The highest BCUT2D eigenvalue weighted by Gasteiger charge is 2.39. The zero-order valence-corrected chi connectivity index (χ0v) is 14.0. The fourth-order valence-corrected chi connectivity index (χ4v) is 3.16. The fraction of sp³-hybridized carbons (Fsp3) is 0.778. The first-order chi connectivity index (χ1) is 11.0. The molecule has 0 aliphatic heterocycles. The molecule has 0 spiro atoms. The molecule has 1 aliphatic rings. The van der Waals surface area contributed by atoms with Crippen LogP contribution in [-0.4, -0.2) is 39.3 Å². The molecule has 1 rings (SSSR count). The zero-order chi connectivity index (χ0) is 17.2. The smallest absolute Gasteiger partial charge is 0.303 e. The third-order valence-corrected chi connectivity index (χ3v) is 4.62. The van der Waals surface area contributed by atoms with Crippen molar-refractivity contribution in [3.05, 3.63) is 12.2 Å². The fourth-order valence-electron chi connectivity index (χ4n) is 3.16. The average molecular weight is 326 g/mol. The molecule has 1 saturated carbocycles. The van der Waals surface area contributed by atoms with Crippen molar-refractivity contribution >= 4 is 11.8 Å². The molecule has 4 atom stereocenters. The van der Waals surface area contributed by atoms with E-state index in [0.717, 1.165) is 32.1 Å². The van der Waals surface area contributed by atoms with Crippen molar-refractivity contribution in [1.29, 1.82) is 0 Å². The van der Waals surface area contributed by atoms with Gasteiger partial charge in [0.1, 0.15) is 5.78 Å². The summed E-state index contributed by atoms with van der Waals surface area (Å²) in [5.41, 5.74) is 0. The van der Waals surface area contributed by atoms with Crippen LogP contribution in [0.25, 0.3) is 0 Å². The average Bonchev–Trinajstić information content (AvgIpc) is 2.77. The van der Waals surface area contributed by atoms with Crippen LogP contribution < -0.4 is 0 Å². The van der Waals surface area contributed by atoms with Crippen molar-refractivity contribution in [2.75, 3.05) is 0 Å². The van der Waals surface area contributed by atoms with E-state index < -0.39 is 18.2 Å². The molecule has 132 valence electrons. The number of carboxylic acids is 1. The minimum absolute atomic E-state index is 0.0539. The van der Waals surface area contributed by atoms with Gasteiger partial charge in [0.05, 0.1) is 12.2 Å². The summed E-state index contributed by atoms with van der Waals surface area (Å²) in [6.45, 7) is 1.88.